The standard InChI is InChI=1S/C29H41N3O4/c1-24-6-10-28(11-7-24)36-23-29(34)21-31(16-17-32(22-29)25(2)33)20-26-8-12-27(13-9-26)35-19-18-30-14-4-3-5-15-30/h6-13,34H,3-5,14-23H2,1-2H3/t29-/m1/s1. The number of hydrogen-bond donors (Lipinski definition) is 1. The molecule has 2 fully saturated rings. The van der Waals surface area contributed by atoms with Crippen LogP contribution >= 0.6 is 0 Å². The van der Waals surface area contributed by atoms with Gasteiger partial charge in [0, 0.05) is 39.6 Å². The quantitative estimate of drug-likeness (QED) is 0.576. The van der Waals surface area contributed by atoms with Crippen LogP contribution in [0.4, 0.5) is 0 Å². The topological polar surface area (TPSA) is 65.5 Å². The highest BCUT2D eigenvalue weighted by Gasteiger charge is 2.36. The van der Waals surface area contributed by atoms with Gasteiger partial charge in [0.2, 0.25) is 5.91 Å². The predicted molar refractivity (Wildman–Crippen MR) is 141 cm³/mol. The lowest BCUT2D eigenvalue weighted by Crippen LogP contribution is -2.51. The van der Waals surface area contributed by atoms with E-state index in [9.17, 15) is 9.90 Å². The molecule has 0 bridgehead atoms. The number of rotatable bonds is 9. The summed E-state index contributed by atoms with van der Waals surface area (Å²) in [5.74, 6) is 1.57. The van der Waals surface area contributed by atoms with Crippen molar-refractivity contribution in [2.24, 2.45) is 0 Å². The predicted octanol–water partition coefficient (Wildman–Crippen LogP) is 3.33. The molecule has 2 aliphatic heterocycles. The van der Waals surface area contributed by atoms with E-state index in [4.69, 9.17) is 9.47 Å². The number of ether oxygens (including phenoxy) is 2. The lowest BCUT2D eigenvalue weighted by atomic mass is 10.0. The Morgan fingerprint density at radius 1 is 0.861 bits per heavy atom. The molecule has 0 unspecified atom stereocenters. The number of aryl methyl sites for hydroxylation is 1. The average molecular weight is 496 g/mol. The maximum absolute atomic E-state index is 12.2. The fourth-order valence-corrected chi connectivity index (χ4v) is 5.01. The summed E-state index contributed by atoms with van der Waals surface area (Å²) in [5, 5.41) is 11.5. The van der Waals surface area contributed by atoms with Gasteiger partial charge in [-0.2, -0.15) is 0 Å². The van der Waals surface area contributed by atoms with Crippen molar-refractivity contribution in [3.63, 3.8) is 0 Å². The summed E-state index contributed by atoms with van der Waals surface area (Å²) >= 11 is 0. The molecular formula is C29H41N3O4. The van der Waals surface area contributed by atoms with E-state index in [1.807, 2.05) is 43.3 Å². The molecule has 2 aliphatic rings. The molecule has 4 rings (SSSR count). The molecule has 7 nitrogen and oxygen atoms in total. The highest BCUT2D eigenvalue weighted by molar-refractivity contribution is 5.73. The van der Waals surface area contributed by atoms with Crippen LogP contribution in [0, 0.1) is 6.92 Å². The Hall–Kier alpha value is -2.61. The third-order valence-electron chi connectivity index (χ3n) is 7.12. The molecule has 2 heterocycles. The van der Waals surface area contributed by atoms with Gasteiger partial charge in [0.15, 0.2) is 0 Å². The molecular weight excluding hydrogens is 454 g/mol. The Bertz CT molecular complexity index is 959. The van der Waals surface area contributed by atoms with Crippen LogP contribution in [-0.4, -0.2) is 90.3 Å². The molecule has 1 amide bonds. The number of carbonyl (C=O) groups is 1. The summed E-state index contributed by atoms with van der Waals surface area (Å²) < 4.78 is 11.9. The number of benzene rings is 2. The fourth-order valence-electron chi connectivity index (χ4n) is 5.01. The Morgan fingerprint density at radius 3 is 2.22 bits per heavy atom. The number of likely N-dealkylation sites (tertiary alicyclic amines) is 1. The first-order valence-corrected chi connectivity index (χ1v) is 13.2. The van der Waals surface area contributed by atoms with E-state index >= 15 is 0 Å². The summed E-state index contributed by atoms with van der Waals surface area (Å²) in [6, 6.07) is 16.0. The first-order valence-electron chi connectivity index (χ1n) is 13.2. The molecule has 0 saturated carbocycles. The van der Waals surface area contributed by atoms with Gasteiger partial charge in [-0.3, -0.25) is 14.6 Å². The smallest absolute Gasteiger partial charge is 0.219 e. The molecule has 0 spiro atoms. The van der Waals surface area contributed by atoms with Crippen LogP contribution < -0.4 is 9.47 Å². The highest BCUT2D eigenvalue weighted by atomic mass is 16.5. The van der Waals surface area contributed by atoms with Crippen LogP contribution in [0.5, 0.6) is 11.5 Å². The molecule has 1 atom stereocenters. The zero-order valence-electron chi connectivity index (χ0n) is 21.8. The van der Waals surface area contributed by atoms with E-state index in [-0.39, 0.29) is 19.1 Å². The second-order valence-corrected chi connectivity index (χ2v) is 10.4. The molecule has 0 aliphatic carbocycles. The van der Waals surface area contributed by atoms with Crippen LogP contribution in [0.25, 0.3) is 0 Å². The highest BCUT2D eigenvalue weighted by Crippen LogP contribution is 2.21. The van der Waals surface area contributed by atoms with Crippen molar-refractivity contribution in [1.29, 1.82) is 0 Å². The maximum atomic E-state index is 12.2. The Morgan fingerprint density at radius 2 is 1.53 bits per heavy atom. The van der Waals surface area contributed by atoms with Gasteiger partial charge in [-0.15, -0.1) is 0 Å². The molecule has 36 heavy (non-hydrogen) atoms. The molecule has 2 aromatic carbocycles. The number of nitrogens with zero attached hydrogens (tertiary/aromatic N) is 3. The minimum absolute atomic E-state index is 0.0309. The van der Waals surface area contributed by atoms with Crippen molar-refractivity contribution < 1.29 is 19.4 Å². The summed E-state index contributed by atoms with van der Waals surface area (Å²) in [6.45, 7) is 10.4. The summed E-state index contributed by atoms with van der Waals surface area (Å²) in [5.41, 5.74) is 1.14. The molecule has 1 N–H and O–H groups in total. The van der Waals surface area contributed by atoms with Crippen molar-refractivity contribution in [2.45, 2.75) is 45.3 Å². The van der Waals surface area contributed by atoms with E-state index in [0.717, 1.165) is 29.2 Å². The second kappa shape index (κ2) is 12.6. The van der Waals surface area contributed by atoms with Crippen LogP contribution in [0.3, 0.4) is 0 Å². The Balaban J connectivity index is 1.32. The van der Waals surface area contributed by atoms with E-state index in [1.54, 1.807) is 11.8 Å². The number of aliphatic hydroxyl groups is 1. The van der Waals surface area contributed by atoms with Gasteiger partial charge in [-0.05, 0) is 62.7 Å². The van der Waals surface area contributed by atoms with Crippen molar-refractivity contribution in [3.05, 3.63) is 59.7 Å². The van der Waals surface area contributed by atoms with Gasteiger partial charge in [-0.25, -0.2) is 0 Å². The minimum atomic E-state index is -1.16. The Kier molecular flexibility index (Phi) is 9.24. The second-order valence-electron chi connectivity index (χ2n) is 10.4. The number of hydrogen-bond acceptors (Lipinski definition) is 6. The van der Waals surface area contributed by atoms with Crippen LogP contribution in [0.2, 0.25) is 0 Å². The lowest BCUT2D eigenvalue weighted by Gasteiger charge is -2.32. The zero-order chi connectivity index (χ0) is 25.4. The molecule has 2 aromatic rings. The summed E-state index contributed by atoms with van der Waals surface area (Å²) in [6.07, 6.45) is 3.94. The lowest BCUT2D eigenvalue weighted by molar-refractivity contribution is -0.132. The van der Waals surface area contributed by atoms with E-state index < -0.39 is 5.60 Å². The maximum Gasteiger partial charge on any atom is 0.219 e. The van der Waals surface area contributed by atoms with Crippen molar-refractivity contribution in [1.82, 2.24) is 14.7 Å². The van der Waals surface area contributed by atoms with Gasteiger partial charge >= 0.3 is 0 Å². The first-order chi connectivity index (χ1) is 17.4. The van der Waals surface area contributed by atoms with Gasteiger partial charge in [0.25, 0.3) is 0 Å². The molecule has 7 heteroatoms. The number of β-amino-alcohol motifs (C(OH)–C–C–N with tert-alkyl or cyclic N) is 1. The van der Waals surface area contributed by atoms with Crippen molar-refractivity contribution in [3.8, 4) is 11.5 Å². The number of carbonyl (C=O) groups excluding carboxylic acids is 1. The van der Waals surface area contributed by atoms with Gasteiger partial charge in [0.05, 0.1) is 6.54 Å². The van der Waals surface area contributed by atoms with Crippen molar-refractivity contribution >= 4 is 5.91 Å². The number of amides is 1. The monoisotopic (exact) mass is 495 g/mol. The third-order valence-corrected chi connectivity index (χ3v) is 7.12. The zero-order valence-corrected chi connectivity index (χ0v) is 21.8. The van der Waals surface area contributed by atoms with E-state index in [2.05, 4.69) is 21.9 Å². The minimum Gasteiger partial charge on any atom is -0.492 e. The van der Waals surface area contributed by atoms with Crippen LogP contribution in [-0.2, 0) is 11.3 Å². The number of piperidine rings is 1. The van der Waals surface area contributed by atoms with Crippen LogP contribution in [0.1, 0.15) is 37.3 Å². The summed E-state index contributed by atoms with van der Waals surface area (Å²) in [7, 11) is 0. The van der Waals surface area contributed by atoms with Gasteiger partial charge < -0.3 is 19.5 Å². The molecule has 2 saturated heterocycles. The first kappa shape index (κ1) is 26.5. The molecule has 0 radical (unpaired) electrons. The molecule has 0 aromatic heterocycles. The fraction of sp³-hybridized carbons (Fsp3) is 0.552. The van der Waals surface area contributed by atoms with E-state index in [1.165, 1.54) is 32.4 Å². The van der Waals surface area contributed by atoms with Crippen molar-refractivity contribution in [2.75, 3.05) is 59.0 Å². The third kappa shape index (κ3) is 7.95. The van der Waals surface area contributed by atoms with E-state index in [0.29, 0.717) is 32.8 Å². The SMILES string of the molecule is CC(=O)N1CCN(Cc2ccc(OCCN3CCCCC3)cc2)C[C@](O)(COc2ccc(C)cc2)C1. The average Bonchev–Trinajstić information content (AvgIpc) is 3.04. The van der Waals surface area contributed by atoms with Gasteiger partial charge in [-0.1, -0.05) is 36.2 Å². The Labute approximate surface area is 215 Å². The van der Waals surface area contributed by atoms with Gasteiger partial charge in [0.1, 0.15) is 30.3 Å². The largest absolute Gasteiger partial charge is 0.492 e. The summed E-state index contributed by atoms with van der Waals surface area (Å²) in [4.78, 5) is 18.6. The van der Waals surface area contributed by atoms with Crippen LogP contribution in [0.15, 0.2) is 48.5 Å². The molecule has 196 valence electrons. The normalized spacial score (nSPS) is 21.7.